The number of aromatic nitrogens is 1. The summed E-state index contributed by atoms with van der Waals surface area (Å²) in [6.07, 6.45) is 3.07. The number of thiazole rings is 1. The maximum absolute atomic E-state index is 12.8. The Morgan fingerprint density at radius 3 is 2.67 bits per heavy atom. The number of hydrogen-bond acceptors (Lipinski definition) is 7. The maximum atomic E-state index is 12.8. The van der Waals surface area contributed by atoms with Crippen LogP contribution in [0.1, 0.15) is 10.4 Å². The van der Waals surface area contributed by atoms with E-state index in [-0.39, 0.29) is 21.2 Å². The minimum Gasteiger partial charge on any atom is -0.316 e. The standard InChI is InChI=1S/C18H16ClN3O5S3/c1-28-8-7-21-15-6-4-12(30(2,26)27)10-16(15)29-18(21)20-17(23)13-9-11(22(24)25)3-5-14(13)19/h3-6,9-10H,7-8H2,1-2H3. The molecule has 1 amide bonds. The predicted octanol–water partition coefficient (Wildman–Crippen LogP) is 3.77. The number of non-ortho nitro benzene ring substituents is 1. The normalized spacial score (nSPS) is 12.4. The fraction of sp³-hybridized carbons (Fsp3) is 0.222. The largest absolute Gasteiger partial charge is 0.316 e. The van der Waals surface area contributed by atoms with Crippen molar-refractivity contribution in [2.24, 2.45) is 4.99 Å². The van der Waals surface area contributed by atoms with Gasteiger partial charge in [-0.1, -0.05) is 22.9 Å². The molecule has 8 nitrogen and oxygen atoms in total. The first-order valence-electron chi connectivity index (χ1n) is 8.47. The number of thioether (sulfide) groups is 1. The number of nitro groups is 1. The third-order valence-electron chi connectivity index (χ3n) is 4.19. The van der Waals surface area contributed by atoms with E-state index in [0.717, 1.165) is 23.6 Å². The van der Waals surface area contributed by atoms with Crippen LogP contribution in [0.4, 0.5) is 5.69 Å². The first-order chi connectivity index (χ1) is 14.1. The lowest BCUT2D eigenvalue weighted by atomic mass is 10.2. The molecule has 0 aliphatic heterocycles. The van der Waals surface area contributed by atoms with Gasteiger partial charge in [0.2, 0.25) is 0 Å². The van der Waals surface area contributed by atoms with Crippen LogP contribution >= 0.6 is 34.7 Å². The lowest BCUT2D eigenvalue weighted by Crippen LogP contribution is -2.18. The van der Waals surface area contributed by atoms with Gasteiger partial charge >= 0.3 is 0 Å². The van der Waals surface area contributed by atoms with Gasteiger partial charge in [0.05, 0.1) is 30.6 Å². The Hall–Kier alpha value is -2.21. The highest BCUT2D eigenvalue weighted by atomic mass is 35.5. The summed E-state index contributed by atoms with van der Waals surface area (Å²) >= 11 is 8.84. The van der Waals surface area contributed by atoms with Crippen molar-refractivity contribution >= 4 is 66.3 Å². The fourth-order valence-corrected chi connectivity index (χ4v) is 5.09. The number of hydrogen-bond donors (Lipinski definition) is 0. The summed E-state index contributed by atoms with van der Waals surface area (Å²) in [5.74, 6) is 0.0370. The Labute approximate surface area is 185 Å². The van der Waals surface area contributed by atoms with Crippen LogP contribution in [0.25, 0.3) is 10.2 Å². The lowest BCUT2D eigenvalue weighted by Gasteiger charge is -2.05. The van der Waals surface area contributed by atoms with E-state index in [1.54, 1.807) is 23.9 Å². The van der Waals surface area contributed by atoms with E-state index in [2.05, 4.69) is 4.99 Å². The molecule has 3 rings (SSSR count). The minimum absolute atomic E-state index is 0.0606. The number of benzene rings is 2. The van der Waals surface area contributed by atoms with Gasteiger partial charge in [-0.3, -0.25) is 14.9 Å². The second kappa shape index (κ2) is 8.88. The van der Waals surface area contributed by atoms with E-state index in [9.17, 15) is 23.3 Å². The summed E-state index contributed by atoms with van der Waals surface area (Å²) in [5.41, 5.74) is 0.414. The zero-order valence-corrected chi connectivity index (χ0v) is 19.1. The molecule has 158 valence electrons. The van der Waals surface area contributed by atoms with Gasteiger partial charge in [-0.2, -0.15) is 16.8 Å². The summed E-state index contributed by atoms with van der Waals surface area (Å²) in [4.78, 5) is 27.8. The summed E-state index contributed by atoms with van der Waals surface area (Å²) in [6.45, 7) is 0.550. The summed E-state index contributed by atoms with van der Waals surface area (Å²) in [7, 11) is -3.38. The number of sulfone groups is 1. The lowest BCUT2D eigenvalue weighted by molar-refractivity contribution is -0.384. The molecule has 3 aromatic rings. The van der Waals surface area contributed by atoms with Crippen molar-refractivity contribution in [2.75, 3.05) is 18.3 Å². The van der Waals surface area contributed by atoms with Crippen molar-refractivity contribution in [2.45, 2.75) is 11.4 Å². The SMILES string of the molecule is CSCCn1c(=NC(=O)c2cc([N+](=O)[O-])ccc2Cl)sc2cc(S(C)(=O)=O)ccc21. The Bertz CT molecular complexity index is 1330. The maximum Gasteiger partial charge on any atom is 0.281 e. The Morgan fingerprint density at radius 2 is 2.03 bits per heavy atom. The average Bonchev–Trinajstić information content (AvgIpc) is 3.01. The van der Waals surface area contributed by atoms with Gasteiger partial charge in [-0.15, -0.1) is 0 Å². The summed E-state index contributed by atoms with van der Waals surface area (Å²) in [6, 6.07) is 8.34. The number of nitrogens with zero attached hydrogens (tertiary/aromatic N) is 3. The van der Waals surface area contributed by atoms with Crippen molar-refractivity contribution in [3.8, 4) is 0 Å². The van der Waals surface area contributed by atoms with E-state index < -0.39 is 20.7 Å². The second-order valence-electron chi connectivity index (χ2n) is 6.27. The highest BCUT2D eigenvalue weighted by Crippen LogP contribution is 2.24. The molecule has 0 saturated heterocycles. The third kappa shape index (κ3) is 4.75. The van der Waals surface area contributed by atoms with Gasteiger partial charge in [-0.25, -0.2) is 8.42 Å². The molecule has 0 bridgehead atoms. The number of amides is 1. The third-order valence-corrected chi connectivity index (χ3v) is 7.26. The van der Waals surface area contributed by atoms with E-state index in [0.29, 0.717) is 16.0 Å². The summed E-state index contributed by atoms with van der Waals surface area (Å²) < 4.78 is 26.2. The van der Waals surface area contributed by atoms with Gasteiger partial charge in [0.15, 0.2) is 14.6 Å². The average molecular weight is 486 g/mol. The highest BCUT2D eigenvalue weighted by molar-refractivity contribution is 7.98. The molecular weight excluding hydrogens is 470 g/mol. The topological polar surface area (TPSA) is 112 Å². The van der Waals surface area contributed by atoms with E-state index >= 15 is 0 Å². The zero-order chi connectivity index (χ0) is 22.1. The van der Waals surface area contributed by atoms with Crippen molar-refractivity contribution < 1.29 is 18.1 Å². The molecule has 0 aliphatic rings. The van der Waals surface area contributed by atoms with Crippen LogP contribution in [0.15, 0.2) is 46.3 Å². The van der Waals surface area contributed by atoms with Crippen molar-refractivity contribution in [1.29, 1.82) is 0 Å². The monoisotopic (exact) mass is 485 g/mol. The van der Waals surface area contributed by atoms with Gasteiger partial charge in [0.25, 0.3) is 11.6 Å². The number of aryl methyl sites for hydroxylation is 1. The molecule has 0 saturated carbocycles. The Morgan fingerprint density at radius 1 is 1.30 bits per heavy atom. The Kier molecular flexibility index (Phi) is 6.65. The Balaban J connectivity index is 2.18. The molecular formula is C18H16ClN3O5S3. The summed E-state index contributed by atoms with van der Waals surface area (Å²) in [5, 5.41) is 11.1. The molecule has 0 N–H and O–H groups in total. The van der Waals surface area contributed by atoms with Crippen molar-refractivity contribution in [1.82, 2.24) is 4.57 Å². The van der Waals surface area contributed by atoms with Gasteiger partial charge in [0.1, 0.15) is 0 Å². The van der Waals surface area contributed by atoms with Crippen LogP contribution in [-0.4, -0.2) is 42.1 Å². The number of carbonyl (C=O) groups is 1. The van der Waals surface area contributed by atoms with E-state index in [4.69, 9.17) is 11.6 Å². The molecule has 0 atom stereocenters. The first-order valence-corrected chi connectivity index (χ1v) is 12.9. The van der Waals surface area contributed by atoms with Gasteiger partial charge in [0, 0.05) is 30.7 Å². The molecule has 12 heteroatoms. The molecule has 2 aromatic carbocycles. The molecule has 0 spiro atoms. The number of halogens is 1. The van der Waals surface area contributed by atoms with Crippen LogP contribution in [0, 0.1) is 10.1 Å². The first kappa shape index (κ1) is 22.5. The molecule has 30 heavy (non-hydrogen) atoms. The molecule has 0 aliphatic carbocycles. The molecule has 0 fully saturated rings. The van der Waals surface area contributed by atoms with Crippen LogP contribution in [-0.2, 0) is 16.4 Å². The second-order valence-corrected chi connectivity index (χ2v) is 10.7. The molecule has 0 radical (unpaired) electrons. The fourth-order valence-electron chi connectivity index (χ4n) is 2.71. The highest BCUT2D eigenvalue weighted by Gasteiger charge is 2.17. The number of carbonyl (C=O) groups excluding carboxylic acids is 1. The van der Waals surface area contributed by atoms with Gasteiger partial charge in [-0.05, 0) is 30.5 Å². The number of nitro benzene ring substituents is 1. The van der Waals surface area contributed by atoms with Crippen molar-refractivity contribution in [3.05, 3.63) is 61.9 Å². The molecule has 1 aromatic heterocycles. The van der Waals surface area contributed by atoms with Crippen LogP contribution in [0.3, 0.4) is 0 Å². The van der Waals surface area contributed by atoms with Gasteiger partial charge < -0.3 is 4.57 Å². The quantitative estimate of drug-likeness (QED) is 0.388. The minimum atomic E-state index is -3.38. The zero-order valence-electron chi connectivity index (χ0n) is 15.9. The molecule has 0 unspecified atom stereocenters. The van der Waals surface area contributed by atoms with Crippen molar-refractivity contribution in [3.63, 3.8) is 0 Å². The van der Waals surface area contributed by atoms with E-state index in [1.165, 1.54) is 29.5 Å². The smallest absolute Gasteiger partial charge is 0.281 e. The molecule has 1 heterocycles. The van der Waals surface area contributed by atoms with Crippen LogP contribution in [0.2, 0.25) is 5.02 Å². The number of rotatable bonds is 6. The van der Waals surface area contributed by atoms with Crippen LogP contribution in [0.5, 0.6) is 0 Å². The number of fused-ring (bicyclic) bond motifs is 1. The van der Waals surface area contributed by atoms with Crippen LogP contribution < -0.4 is 4.80 Å². The predicted molar refractivity (Wildman–Crippen MR) is 119 cm³/mol. The van der Waals surface area contributed by atoms with E-state index in [1.807, 2.05) is 10.8 Å².